The van der Waals surface area contributed by atoms with Gasteiger partial charge in [0.15, 0.2) is 0 Å². The molecule has 0 spiro atoms. The molecule has 1 atom stereocenters. The maximum atomic E-state index is 5.74. The average molecular weight is 246 g/mol. The molecular weight excluding hydrogens is 228 g/mol. The van der Waals surface area contributed by atoms with Gasteiger partial charge >= 0.3 is 0 Å². The molecule has 0 fully saturated rings. The zero-order valence-corrected chi connectivity index (χ0v) is 11.3. The van der Waals surface area contributed by atoms with Crippen molar-refractivity contribution in [2.24, 2.45) is 5.84 Å². The van der Waals surface area contributed by atoms with Gasteiger partial charge in [0, 0.05) is 4.88 Å². The third-order valence-corrected chi connectivity index (χ3v) is 4.37. The van der Waals surface area contributed by atoms with Crippen molar-refractivity contribution in [1.82, 2.24) is 5.43 Å². The second kappa shape index (κ2) is 5.00. The van der Waals surface area contributed by atoms with E-state index in [0.717, 1.165) is 0 Å². The first kappa shape index (κ1) is 12.3. The molecule has 3 N–H and O–H groups in total. The van der Waals surface area contributed by atoms with Gasteiger partial charge in [-0.3, -0.25) is 5.84 Å². The van der Waals surface area contributed by atoms with Crippen LogP contribution in [0.3, 0.4) is 0 Å². The number of hydrogen-bond donors (Lipinski definition) is 2. The van der Waals surface area contributed by atoms with Crippen LogP contribution in [0.1, 0.15) is 33.2 Å². The van der Waals surface area contributed by atoms with E-state index in [0.29, 0.717) is 0 Å². The summed E-state index contributed by atoms with van der Waals surface area (Å²) in [7, 11) is 0. The normalized spacial score (nSPS) is 12.7. The Morgan fingerprint density at radius 3 is 2.47 bits per heavy atom. The highest BCUT2D eigenvalue weighted by Gasteiger charge is 2.18. The van der Waals surface area contributed by atoms with Crippen LogP contribution in [0.15, 0.2) is 29.6 Å². The number of rotatable bonds is 3. The maximum absolute atomic E-state index is 5.74. The van der Waals surface area contributed by atoms with E-state index >= 15 is 0 Å². The summed E-state index contributed by atoms with van der Waals surface area (Å²) in [4.78, 5) is 1.29. The number of thiophene rings is 1. The molecule has 1 aromatic carbocycles. The summed E-state index contributed by atoms with van der Waals surface area (Å²) in [5, 5.41) is 2.11. The van der Waals surface area contributed by atoms with Crippen LogP contribution >= 0.6 is 11.3 Å². The highest BCUT2D eigenvalue weighted by atomic mass is 32.1. The molecule has 0 aliphatic carbocycles. The Labute approximate surface area is 106 Å². The van der Waals surface area contributed by atoms with Gasteiger partial charge in [0.2, 0.25) is 0 Å². The minimum Gasteiger partial charge on any atom is -0.271 e. The largest absolute Gasteiger partial charge is 0.271 e. The van der Waals surface area contributed by atoms with Crippen molar-refractivity contribution < 1.29 is 0 Å². The van der Waals surface area contributed by atoms with Crippen molar-refractivity contribution >= 4 is 11.3 Å². The smallest absolute Gasteiger partial charge is 0.0807 e. The SMILES string of the molecule is Cc1ccsc1C(NN)c1cccc(C)c1C. The van der Waals surface area contributed by atoms with Crippen molar-refractivity contribution in [3.63, 3.8) is 0 Å². The zero-order chi connectivity index (χ0) is 12.4. The van der Waals surface area contributed by atoms with Crippen LogP contribution in [0.5, 0.6) is 0 Å². The summed E-state index contributed by atoms with van der Waals surface area (Å²) in [5.41, 5.74) is 8.10. The Kier molecular flexibility index (Phi) is 3.62. The van der Waals surface area contributed by atoms with E-state index < -0.39 is 0 Å². The summed E-state index contributed by atoms with van der Waals surface area (Å²) in [6.45, 7) is 6.41. The van der Waals surface area contributed by atoms with Gasteiger partial charge < -0.3 is 0 Å². The van der Waals surface area contributed by atoms with Crippen LogP contribution in [-0.4, -0.2) is 0 Å². The Morgan fingerprint density at radius 2 is 1.88 bits per heavy atom. The Bertz CT molecular complexity index is 517. The molecule has 0 saturated carbocycles. The molecule has 0 aliphatic heterocycles. The fourth-order valence-corrected chi connectivity index (χ4v) is 3.08. The molecule has 2 nitrogen and oxygen atoms in total. The van der Waals surface area contributed by atoms with Crippen LogP contribution in [0.25, 0.3) is 0 Å². The van der Waals surface area contributed by atoms with E-state index in [2.05, 4.69) is 55.8 Å². The van der Waals surface area contributed by atoms with Crippen molar-refractivity contribution in [3.05, 3.63) is 56.8 Å². The van der Waals surface area contributed by atoms with Crippen LogP contribution in [-0.2, 0) is 0 Å². The summed E-state index contributed by atoms with van der Waals surface area (Å²) in [6, 6.07) is 8.59. The highest BCUT2D eigenvalue weighted by Crippen LogP contribution is 2.31. The topological polar surface area (TPSA) is 38.0 Å². The lowest BCUT2D eigenvalue weighted by Crippen LogP contribution is -2.29. The molecular formula is C14H18N2S. The molecule has 17 heavy (non-hydrogen) atoms. The first-order valence-corrected chi connectivity index (χ1v) is 6.59. The third-order valence-electron chi connectivity index (χ3n) is 3.29. The average Bonchev–Trinajstić information content (AvgIpc) is 2.72. The molecule has 0 saturated heterocycles. The van der Waals surface area contributed by atoms with Gasteiger partial charge in [-0.15, -0.1) is 11.3 Å². The van der Waals surface area contributed by atoms with Gasteiger partial charge in [0.25, 0.3) is 0 Å². The Hall–Kier alpha value is -1.16. The van der Waals surface area contributed by atoms with Gasteiger partial charge in [-0.25, -0.2) is 5.43 Å². The number of hydrogen-bond acceptors (Lipinski definition) is 3. The second-order valence-corrected chi connectivity index (χ2v) is 5.30. The molecule has 90 valence electrons. The van der Waals surface area contributed by atoms with Crippen LogP contribution in [0, 0.1) is 20.8 Å². The molecule has 0 amide bonds. The van der Waals surface area contributed by atoms with E-state index in [9.17, 15) is 0 Å². The molecule has 0 bridgehead atoms. The van der Waals surface area contributed by atoms with Crippen LogP contribution in [0.2, 0.25) is 0 Å². The number of nitrogens with one attached hydrogen (secondary N) is 1. The molecule has 1 heterocycles. The van der Waals surface area contributed by atoms with Crippen LogP contribution in [0.4, 0.5) is 0 Å². The predicted octanol–water partition coefficient (Wildman–Crippen LogP) is 3.23. The summed E-state index contributed by atoms with van der Waals surface area (Å²) in [5.74, 6) is 5.74. The van der Waals surface area contributed by atoms with E-state index in [-0.39, 0.29) is 6.04 Å². The molecule has 0 radical (unpaired) electrons. The van der Waals surface area contributed by atoms with Crippen molar-refractivity contribution in [2.45, 2.75) is 26.8 Å². The molecule has 3 heteroatoms. The van der Waals surface area contributed by atoms with E-state index in [1.165, 1.54) is 27.1 Å². The van der Waals surface area contributed by atoms with Crippen molar-refractivity contribution in [3.8, 4) is 0 Å². The molecule has 2 rings (SSSR count). The van der Waals surface area contributed by atoms with Gasteiger partial charge in [-0.05, 0) is 54.5 Å². The van der Waals surface area contributed by atoms with Gasteiger partial charge in [-0.1, -0.05) is 18.2 Å². The van der Waals surface area contributed by atoms with E-state index in [1.807, 2.05) is 0 Å². The monoisotopic (exact) mass is 246 g/mol. The number of aryl methyl sites for hydroxylation is 2. The quantitative estimate of drug-likeness (QED) is 0.644. The first-order chi connectivity index (χ1) is 8.15. The van der Waals surface area contributed by atoms with Gasteiger partial charge in [-0.2, -0.15) is 0 Å². The van der Waals surface area contributed by atoms with Gasteiger partial charge in [0.1, 0.15) is 0 Å². The number of nitrogens with two attached hydrogens (primary N) is 1. The highest BCUT2D eigenvalue weighted by molar-refractivity contribution is 7.10. The molecule has 0 aliphatic rings. The Morgan fingerprint density at radius 1 is 1.12 bits per heavy atom. The fraction of sp³-hybridized carbons (Fsp3) is 0.286. The standard InChI is InChI=1S/C14H18N2S/c1-9-5-4-6-12(11(9)3)13(16-15)14-10(2)7-8-17-14/h4-8,13,16H,15H2,1-3H3. The lowest BCUT2D eigenvalue weighted by atomic mass is 9.96. The first-order valence-electron chi connectivity index (χ1n) is 5.71. The molecule has 1 aromatic heterocycles. The van der Waals surface area contributed by atoms with Gasteiger partial charge in [0.05, 0.1) is 6.04 Å². The lowest BCUT2D eigenvalue weighted by Gasteiger charge is -2.19. The van der Waals surface area contributed by atoms with Crippen LogP contribution < -0.4 is 11.3 Å². The maximum Gasteiger partial charge on any atom is 0.0807 e. The second-order valence-electron chi connectivity index (χ2n) is 4.36. The lowest BCUT2D eigenvalue weighted by molar-refractivity contribution is 0.640. The summed E-state index contributed by atoms with van der Waals surface area (Å²) >= 11 is 1.75. The minimum atomic E-state index is 0.0925. The minimum absolute atomic E-state index is 0.0925. The zero-order valence-electron chi connectivity index (χ0n) is 10.4. The van der Waals surface area contributed by atoms with Crippen molar-refractivity contribution in [2.75, 3.05) is 0 Å². The fourth-order valence-electron chi connectivity index (χ4n) is 2.07. The predicted molar refractivity (Wildman–Crippen MR) is 74.1 cm³/mol. The van der Waals surface area contributed by atoms with E-state index in [4.69, 9.17) is 5.84 Å². The van der Waals surface area contributed by atoms with Crippen molar-refractivity contribution in [1.29, 1.82) is 0 Å². The van der Waals surface area contributed by atoms with E-state index in [1.54, 1.807) is 11.3 Å². The summed E-state index contributed by atoms with van der Waals surface area (Å²) in [6.07, 6.45) is 0. The number of hydrazine groups is 1. The molecule has 1 unspecified atom stereocenters. The molecule has 2 aromatic rings. The Balaban J connectivity index is 2.50. The third kappa shape index (κ3) is 2.27. The number of benzene rings is 1. The summed E-state index contributed by atoms with van der Waals surface area (Å²) < 4.78 is 0.